The van der Waals surface area contributed by atoms with Gasteiger partial charge in [0.25, 0.3) is 0 Å². The van der Waals surface area contributed by atoms with Crippen LogP contribution in [0, 0.1) is 13.8 Å². The van der Waals surface area contributed by atoms with E-state index in [-0.39, 0.29) is 5.75 Å². The summed E-state index contributed by atoms with van der Waals surface area (Å²) in [6.07, 6.45) is 0. The minimum atomic E-state index is 0.0847. The molecule has 0 saturated carbocycles. The van der Waals surface area contributed by atoms with Gasteiger partial charge in [-0.05, 0) is 37.6 Å². The van der Waals surface area contributed by atoms with Gasteiger partial charge in [0.15, 0.2) is 0 Å². The first kappa shape index (κ1) is 13.6. The Morgan fingerprint density at radius 1 is 1.11 bits per heavy atom. The molecule has 19 heavy (non-hydrogen) atoms. The molecule has 4 nitrogen and oxygen atoms in total. The first-order valence-corrected chi connectivity index (χ1v) is 6.29. The second kappa shape index (κ2) is 5.05. The minimum Gasteiger partial charge on any atom is -0.506 e. The molecule has 0 aliphatic carbocycles. The fraction of sp³-hybridized carbons (Fsp3) is 0.286. The van der Waals surface area contributed by atoms with Crippen LogP contribution in [0.15, 0.2) is 18.2 Å². The van der Waals surface area contributed by atoms with Gasteiger partial charge >= 0.3 is 0 Å². The molecule has 0 radical (unpaired) electrons. The Kier molecular flexibility index (Phi) is 3.62. The minimum absolute atomic E-state index is 0.0847. The topological polar surface area (TPSA) is 49.3 Å². The summed E-state index contributed by atoms with van der Waals surface area (Å²) in [6.45, 7) is 3.84. The Labute approximate surface area is 117 Å². The number of hydrogen-bond acceptors (Lipinski definition) is 4. The van der Waals surface area contributed by atoms with E-state index in [9.17, 15) is 5.11 Å². The van der Waals surface area contributed by atoms with Crippen molar-refractivity contribution in [3.05, 3.63) is 34.5 Å². The first-order chi connectivity index (χ1) is 8.88. The van der Waals surface area contributed by atoms with E-state index < -0.39 is 0 Å². The van der Waals surface area contributed by atoms with Crippen LogP contribution < -0.4 is 4.90 Å². The molecule has 5 heteroatoms. The molecule has 0 saturated heterocycles. The molecular weight excluding hydrogens is 262 g/mol. The monoisotopic (exact) mass is 277 g/mol. The molecule has 1 aromatic heterocycles. The van der Waals surface area contributed by atoms with Crippen LogP contribution in [0.25, 0.3) is 11.3 Å². The van der Waals surface area contributed by atoms with Crippen LogP contribution in [0.4, 0.5) is 5.95 Å². The lowest BCUT2D eigenvalue weighted by Crippen LogP contribution is -2.13. The van der Waals surface area contributed by atoms with Gasteiger partial charge in [-0.1, -0.05) is 11.6 Å². The smallest absolute Gasteiger partial charge is 0.225 e. The second-order valence-corrected chi connectivity index (χ2v) is 5.11. The third kappa shape index (κ3) is 2.79. The van der Waals surface area contributed by atoms with E-state index >= 15 is 0 Å². The fourth-order valence-electron chi connectivity index (χ4n) is 1.83. The molecule has 0 aliphatic rings. The largest absolute Gasteiger partial charge is 0.506 e. The summed E-state index contributed by atoms with van der Waals surface area (Å²) in [5.74, 6) is 0.736. The Balaban J connectivity index is 2.62. The van der Waals surface area contributed by atoms with Gasteiger partial charge in [-0.25, -0.2) is 9.97 Å². The normalized spacial score (nSPS) is 10.6. The van der Waals surface area contributed by atoms with Crippen molar-refractivity contribution >= 4 is 17.5 Å². The lowest BCUT2D eigenvalue weighted by molar-refractivity contribution is 0.475. The van der Waals surface area contributed by atoms with Crippen molar-refractivity contribution in [1.29, 1.82) is 0 Å². The highest BCUT2D eigenvalue weighted by molar-refractivity contribution is 6.32. The maximum atomic E-state index is 9.60. The summed E-state index contributed by atoms with van der Waals surface area (Å²) >= 11 is 5.97. The van der Waals surface area contributed by atoms with Crippen LogP contribution in [0.1, 0.15) is 11.3 Å². The highest BCUT2D eigenvalue weighted by atomic mass is 35.5. The number of phenols is 1. The number of aromatic nitrogens is 2. The predicted octanol–water partition coefficient (Wildman–Crippen LogP) is 3.19. The molecule has 0 atom stereocenters. The van der Waals surface area contributed by atoms with Crippen molar-refractivity contribution in [2.24, 2.45) is 0 Å². The summed E-state index contributed by atoms with van der Waals surface area (Å²) in [7, 11) is 3.80. The molecule has 0 unspecified atom stereocenters. The zero-order valence-electron chi connectivity index (χ0n) is 11.4. The zero-order chi connectivity index (χ0) is 14.2. The third-order valence-corrected chi connectivity index (χ3v) is 3.11. The van der Waals surface area contributed by atoms with Gasteiger partial charge in [0.2, 0.25) is 5.95 Å². The molecule has 1 N–H and O–H groups in total. The molecule has 0 aliphatic heterocycles. The number of nitrogens with zero attached hydrogens (tertiary/aromatic N) is 3. The molecule has 1 heterocycles. The summed E-state index contributed by atoms with van der Waals surface area (Å²) in [5.41, 5.74) is 3.51. The number of hydrogen-bond donors (Lipinski definition) is 1. The van der Waals surface area contributed by atoms with E-state index in [1.165, 1.54) is 0 Å². The average Bonchev–Trinajstić information content (AvgIpc) is 2.33. The molecular formula is C14H16ClN3O. The molecule has 0 spiro atoms. The van der Waals surface area contributed by atoms with E-state index in [0.29, 0.717) is 11.0 Å². The van der Waals surface area contributed by atoms with Crippen molar-refractivity contribution in [2.45, 2.75) is 13.8 Å². The van der Waals surface area contributed by atoms with Crippen molar-refractivity contribution < 1.29 is 5.11 Å². The molecule has 0 bridgehead atoms. The molecule has 0 amide bonds. The van der Waals surface area contributed by atoms with Crippen LogP contribution in [-0.2, 0) is 0 Å². The number of phenolic OH excluding ortho intramolecular Hbond substituents is 1. The van der Waals surface area contributed by atoms with Gasteiger partial charge in [-0.2, -0.15) is 0 Å². The summed E-state index contributed by atoms with van der Waals surface area (Å²) < 4.78 is 0. The number of rotatable bonds is 2. The van der Waals surface area contributed by atoms with Gasteiger partial charge < -0.3 is 10.0 Å². The molecule has 2 rings (SSSR count). The predicted molar refractivity (Wildman–Crippen MR) is 77.9 cm³/mol. The van der Waals surface area contributed by atoms with E-state index in [1.807, 2.05) is 38.9 Å². The Morgan fingerprint density at radius 2 is 1.79 bits per heavy atom. The molecule has 2 aromatic rings. The van der Waals surface area contributed by atoms with Crippen LogP contribution in [0.2, 0.25) is 5.02 Å². The van der Waals surface area contributed by atoms with E-state index in [4.69, 9.17) is 11.6 Å². The van der Waals surface area contributed by atoms with Crippen molar-refractivity contribution in [3.8, 4) is 17.0 Å². The number of aromatic hydroxyl groups is 1. The Hall–Kier alpha value is -1.81. The maximum Gasteiger partial charge on any atom is 0.225 e. The van der Waals surface area contributed by atoms with Crippen molar-refractivity contribution in [3.63, 3.8) is 0 Å². The summed E-state index contributed by atoms with van der Waals surface area (Å²) in [5, 5.41) is 9.92. The highest BCUT2D eigenvalue weighted by Gasteiger charge is 2.11. The summed E-state index contributed by atoms with van der Waals surface area (Å²) in [4.78, 5) is 10.7. The van der Waals surface area contributed by atoms with Gasteiger partial charge in [-0.3, -0.25) is 0 Å². The maximum absolute atomic E-state index is 9.60. The fourth-order valence-corrected chi connectivity index (χ4v) is 2.00. The number of aryl methyl sites for hydroxylation is 2. The second-order valence-electron chi connectivity index (χ2n) is 4.71. The molecule has 1 aromatic carbocycles. The lowest BCUT2D eigenvalue weighted by atomic mass is 10.0. The van der Waals surface area contributed by atoms with Crippen molar-refractivity contribution in [2.75, 3.05) is 19.0 Å². The third-order valence-electron chi connectivity index (χ3n) is 2.81. The zero-order valence-corrected chi connectivity index (χ0v) is 12.2. The molecule has 0 fully saturated rings. The van der Waals surface area contributed by atoms with Gasteiger partial charge in [0.1, 0.15) is 5.75 Å². The van der Waals surface area contributed by atoms with E-state index in [1.54, 1.807) is 12.1 Å². The van der Waals surface area contributed by atoms with Gasteiger partial charge in [-0.15, -0.1) is 0 Å². The van der Waals surface area contributed by atoms with Crippen LogP contribution in [0.5, 0.6) is 5.75 Å². The van der Waals surface area contributed by atoms with Gasteiger partial charge in [0, 0.05) is 25.4 Å². The SMILES string of the molecule is Cc1cc(-c2cc(Cl)c(O)cc2C)nc(N(C)C)n1. The van der Waals surface area contributed by atoms with Crippen molar-refractivity contribution in [1.82, 2.24) is 9.97 Å². The number of anilines is 1. The van der Waals surface area contributed by atoms with Crippen LogP contribution >= 0.6 is 11.6 Å². The quantitative estimate of drug-likeness (QED) is 0.916. The van der Waals surface area contributed by atoms with Crippen LogP contribution in [-0.4, -0.2) is 29.2 Å². The average molecular weight is 278 g/mol. The van der Waals surface area contributed by atoms with Crippen LogP contribution in [0.3, 0.4) is 0 Å². The summed E-state index contributed by atoms with van der Waals surface area (Å²) in [6, 6.07) is 5.28. The van der Waals surface area contributed by atoms with E-state index in [2.05, 4.69) is 9.97 Å². The first-order valence-electron chi connectivity index (χ1n) is 5.91. The Bertz CT molecular complexity index is 626. The number of benzene rings is 1. The van der Waals surface area contributed by atoms with E-state index in [0.717, 1.165) is 22.5 Å². The molecule has 100 valence electrons. The number of halogens is 1. The highest BCUT2D eigenvalue weighted by Crippen LogP contribution is 2.32. The lowest BCUT2D eigenvalue weighted by Gasteiger charge is -2.14. The standard InChI is InChI=1S/C14H16ClN3O/c1-8-5-13(19)11(15)7-10(8)12-6-9(2)16-14(17-12)18(3)4/h5-7,19H,1-4H3. The Morgan fingerprint density at radius 3 is 2.42 bits per heavy atom. The van der Waals surface area contributed by atoms with Gasteiger partial charge in [0.05, 0.1) is 10.7 Å².